The van der Waals surface area contributed by atoms with Crippen molar-refractivity contribution in [1.29, 1.82) is 0 Å². The van der Waals surface area contributed by atoms with Gasteiger partial charge in [0.25, 0.3) is 0 Å². The van der Waals surface area contributed by atoms with Crippen molar-refractivity contribution in [3.8, 4) is 0 Å². The van der Waals surface area contributed by atoms with Crippen LogP contribution < -0.4 is 5.43 Å². The molecule has 0 amide bonds. The molecule has 0 radical (unpaired) electrons. The Balaban J connectivity index is 2.88. The van der Waals surface area contributed by atoms with Crippen LogP contribution in [0, 0.1) is 0 Å². The van der Waals surface area contributed by atoms with Gasteiger partial charge in [0, 0.05) is 17.3 Å². The molecule has 0 aliphatic heterocycles. The zero-order valence-corrected chi connectivity index (χ0v) is 11.3. The highest BCUT2D eigenvalue weighted by molar-refractivity contribution is 6.31. The maximum absolute atomic E-state index is 11.3. The Morgan fingerprint density at radius 1 is 1.67 bits per heavy atom. The van der Waals surface area contributed by atoms with Crippen molar-refractivity contribution >= 4 is 11.6 Å². The van der Waals surface area contributed by atoms with E-state index in [9.17, 15) is 4.79 Å². The van der Waals surface area contributed by atoms with Crippen LogP contribution in [0.25, 0.3) is 0 Å². The smallest absolute Gasteiger partial charge is 0.205 e. The SMILES string of the molecule is CC/C=C(Cl)\C=C/C(C)n1ccc(=O)c(CO)n1. The Hall–Kier alpha value is -1.39. The predicted molar refractivity (Wildman–Crippen MR) is 72.5 cm³/mol. The van der Waals surface area contributed by atoms with Gasteiger partial charge in [0.1, 0.15) is 5.69 Å². The molecule has 18 heavy (non-hydrogen) atoms. The number of allylic oxidation sites excluding steroid dienone is 4. The summed E-state index contributed by atoms with van der Waals surface area (Å²) >= 11 is 5.95. The van der Waals surface area contributed by atoms with Gasteiger partial charge in [-0.3, -0.25) is 9.48 Å². The van der Waals surface area contributed by atoms with Gasteiger partial charge in [-0.05, 0) is 19.4 Å². The third-order valence-electron chi connectivity index (χ3n) is 2.40. The number of rotatable bonds is 5. The van der Waals surface area contributed by atoms with Gasteiger partial charge < -0.3 is 5.11 Å². The lowest BCUT2D eigenvalue weighted by Crippen LogP contribution is -2.18. The van der Waals surface area contributed by atoms with Crippen LogP contribution in [0.1, 0.15) is 32.0 Å². The molecule has 98 valence electrons. The van der Waals surface area contributed by atoms with Crippen molar-refractivity contribution < 1.29 is 5.11 Å². The summed E-state index contributed by atoms with van der Waals surface area (Å²) in [4.78, 5) is 11.3. The zero-order valence-electron chi connectivity index (χ0n) is 10.5. The molecule has 0 saturated heterocycles. The van der Waals surface area contributed by atoms with Crippen molar-refractivity contribution in [3.05, 3.63) is 51.4 Å². The molecular formula is C13H17ClN2O2. The lowest BCUT2D eigenvalue weighted by atomic mass is 10.3. The fraction of sp³-hybridized carbons (Fsp3) is 0.385. The molecule has 0 saturated carbocycles. The minimum Gasteiger partial charge on any atom is -0.390 e. The summed E-state index contributed by atoms with van der Waals surface area (Å²) in [6, 6.07) is 1.35. The minimum absolute atomic E-state index is 0.0464. The molecule has 1 rings (SSSR count). The molecule has 0 aromatic carbocycles. The third-order valence-corrected chi connectivity index (χ3v) is 2.68. The first-order valence-electron chi connectivity index (χ1n) is 5.81. The van der Waals surface area contributed by atoms with Crippen LogP contribution >= 0.6 is 11.6 Å². The number of aliphatic hydroxyl groups excluding tert-OH is 1. The molecule has 0 fully saturated rings. The van der Waals surface area contributed by atoms with E-state index in [0.717, 1.165) is 6.42 Å². The first kappa shape index (κ1) is 14.7. The zero-order chi connectivity index (χ0) is 13.5. The van der Waals surface area contributed by atoms with E-state index in [1.54, 1.807) is 17.0 Å². The third kappa shape index (κ3) is 4.13. The van der Waals surface area contributed by atoms with Gasteiger partial charge >= 0.3 is 0 Å². The summed E-state index contributed by atoms with van der Waals surface area (Å²) in [5.41, 5.74) is -0.109. The van der Waals surface area contributed by atoms with Crippen molar-refractivity contribution in [2.24, 2.45) is 0 Å². The van der Waals surface area contributed by atoms with Gasteiger partial charge in [-0.2, -0.15) is 5.10 Å². The first-order chi connectivity index (χ1) is 8.58. The molecule has 1 atom stereocenters. The molecule has 1 N–H and O–H groups in total. The van der Waals surface area contributed by atoms with Crippen LogP contribution in [-0.4, -0.2) is 14.9 Å². The van der Waals surface area contributed by atoms with E-state index < -0.39 is 0 Å². The van der Waals surface area contributed by atoms with Crippen molar-refractivity contribution in [2.45, 2.75) is 32.9 Å². The van der Waals surface area contributed by atoms with Crippen LogP contribution in [0.3, 0.4) is 0 Å². The normalized spacial score (nSPS) is 14.1. The van der Waals surface area contributed by atoms with E-state index in [-0.39, 0.29) is 23.8 Å². The number of halogens is 1. The molecule has 1 aromatic rings. The van der Waals surface area contributed by atoms with Gasteiger partial charge in [-0.15, -0.1) is 0 Å². The van der Waals surface area contributed by atoms with E-state index in [4.69, 9.17) is 16.7 Å². The van der Waals surface area contributed by atoms with Crippen molar-refractivity contribution in [3.63, 3.8) is 0 Å². The number of nitrogens with zero attached hydrogens (tertiary/aromatic N) is 2. The summed E-state index contributed by atoms with van der Waals surface area (Å²) in [5.74, 6) is 0. The van der Waals surface area contributed by atoms with Crippen molar-refractivity contribution in [1.82, 2.24) is 9.78 Å². The second-order valence-corrected chi connectivity index (χ2v) is 4.30. The second kappa shape index (κ2) is 7.13. The predicted octanol–water partition coefficient (Wildman–Crippen LogP) is 2.39. The fourth-order valence-electron chi connectivity index (χ4n) is 1.38. The number of hydrogen-bond donors (Lipinski definition) is 1. The highest BCUT2D eigenvalue weighted by Gasteiger charge is 2.04. The standard InChI is InChI=1S/C13H17ClN2O2/c1-3-4-11(14)6-5-10(2)16-8-7-13(18)12(9-17)15-16/h4-8,10,17H,3,9H2,1-2H3/b6-5-,11-4+. The molecule has 1 unspecified atom stereocenters. The highest BCUT2D eigenvalue weighted by atomic mass is 35.5. The van der Waals surface area contributed by atoms with E-state index in [2.05, 4.69) is 5.10 Å². The summed E-state index contributed by atoms with van der Waals surface area (Å²) < 4.78 is 1.61. The average Bonchev–Trinajstić information content (AvgIpc) is 2.37. The molecule has 0 spiro atoms. The highest BCUT2D eigenvalue weighted by Crippen LogP contribution is 2.10. The van der Waals surface area contributed by atoms with Crippen LogP contribution in [0.4, 0.5) is 0 Å². The van der Waals surface area contributed by atoms with Gasteiger partial charge in [0.2, 0.25) is 5.43 Å². The quantitative estimate of drug-likeness (QED) is 0.834. The molecule has 1 heterocycles. The van der Waals surface area contributed by atoms with Crippen molar-refractivity contribution in [2.75, 3.05) is 0 Å². The summed E-state index contributed by atoms with van der Waals surface area (Å²) in [6.45, 7) is 3.58. The summed E-state index contributed by atoms with van der Waals surface area (Å²) in [5, 5.41) is 13.7. The van der Waals surface area contributed by atoms with Gasteiger partial charge in [-0.1, -0.05) is 30.7 Å². The van der Waals surface area contributed by atoms with E-state index in [0.29, 0.717) is 5.03 Å². The lowest BCUT2D eigenvalue weighted by molar-refractivity contribution is 0.271. The van der Waals surface area contributed by atoms with Gasteiger partial charge in [0.05, 0.1) is 12.6 Å². The van der Waals surface area contributed by atoms with Crippen LogP contribution in [-0.2, 0) is 6.61 Å². The number of aromatic nitrogens is 2. The number of aliphatic hydroxyl groups is 1. The maximum atomic E-state index is 11.3. The lowest BCUT2D eigenvalue weighted by Gasteiger charge is -2.10. The molecule has 0 aliphatic carbocycles. The van der Waals surface area contributed by atoms with Crippen LogP contribution in [0.15, 0.2) is 40.3 Å². The molecule has 4 nitrogen and oxygen atoms in total. The van der Waals surface area contributed by atoms with E-state index in [1.807, 2.05) is 26.0 Å². The average molecular weight is 269 g/mol. The first-order valence-corrected chi connectivity index (χ1v) is 6.19. The second-order valence-electron chi connectivity index (χ2n) is 3.86. The maximum Gasteiger partial charge on any atom is 0.205 e. The molecule has 1 aromatic heterocycles. The van der Waals surface area contributed by atoms with Crippen LogP contribution in [0.2, 0.25) is 0 Å². The summed E-state index contributed by atoms with van der Waals surface area (Å²) in [6.07, 6.45) is 8.06. The Bertz CT molecular complexity index is 506. The number of hydrogen-bond acceptors (Lipinski definition) is 3. The monoisotopic (exact) mass is 268 g/mol. The molecular weight excluding hydrogens is 252 g/mol. The van der Waals surface area contributed by atoms with Crippen LogP contribution in [0.5, 0.6) is 0 Å². The molecule has 0 bridgehead atoms. The topological polar surface area (TPSA) is 55.1 Å². The largest absolute Gasteiger partial charge is 0.390 e. The Morgan fingerprint density at radius 2 is 2.39 bits per heavy atom. The molecule has 0 aliphatic rings. The fourth-order valence-corrected chi connectivity index (χ4v) is 1.61. The van der Waals surface area contributed by atoms with Gasteiger partial charge in [-0.25, -0.2) is 0 Å². The Kier molecular flexibility index (Phi) is 5.82. The van der Waals surface area contributed by atoms with E-state index in [1.165, 1.54) is 6.07 Å². The van der Waals surface area contributed by atoms with Gasteiger partial charge in [0.15, 0.2) is 0 Å². The summed E-state index contributed by atoms with van der Waals surface area (Å²) in [7, 11) is 0. The Labute approximate surface area is 111 Å². The Morgan fingerprint density at radius 3 is 3.00 bits per heavy atom. The minimum atomic E-state index is -0.355. The molecule has 5 heteroatoms. The van der Waals surface area contributed by atoms with E-state index >= 15 is 0 Å².